The molecule has 0 unspecified atom stereocenters. The maximum absolute atomic E-state index is 3.97. The second kappa shape index (κ2) is 3.30. The van der Waals surface area contributed by atoms with Gasteiger partial charge in [0.2, 0.25) is 0 Å². The smallest absolute Gasteiger partial charge is 0.148 e. The van der Waals surface area contributed by atoms with Crippen LogP contribution in [0.2, 0.25) is 0 Å². The SMILES string of the molecule is Cc1ccccc1-n1cc(Br)nn1. The van der Waals surface area contributed by atoms with Crippen LogP contribution in [0.25, 0.3) is 5.69 Å². The second-order valence-corrected chi connectivity index (χ2v) is 3.58. The van der Waals surface area contributed by atoms with Gasteiger partial charge in [-0.3, -0.25) is 0 Å². The summed E-state index contributed by atoms with van der Waals surface area (Å²) in [6.07, 6.45) is 1.84. The first kappa shape index (κ1) is 8.44. The minimum Gasteiger partial charge on any atom is -0.219 e. The lowest BCUT2D eigenvalue weighted by atomic mass is 10.2. The van der Waals surface area contributed by atoms with E-state index in [4.69, 9.17) is 0 Å². The Morgan fingerprint density at radius 1 is 1.31 bits per heavy atom. The first-order valence-corrected chi connectivity index (χ1v) is 4.70. The van der Waals surface area contributed by atoms with Crippen LogP contribution in [0.3, 0.4) is 0 Å². The Kier molecular flexibility index (Phi) is 2.14. The highest BCUT2D eigenvalue weighted by Gasteiger charge is 2.01. The molecule has 0 bridgehead atoms. The summed E-state index contributed by atoms with van der Waals surface area (Å²) >= 11 is 3.26. The van der Waals surface area contributed by atoms with E-state index in [1.807, 2.05) is 37.4 Å². The molecule has 0 atom stereocenters. The number of hydrogen-bond donors (Lipinski definition) is 0. The summed E-state index contributed by atoms with van der Waals surface area (Å²) in [5.41, 5.74) is 2.24. The molecule has 2 rings (SSSR count). The fourth-order valence-electron chi connectivity index (χ4n) is 1.18. The number of aromatic nitrogens is 3. The van der Waals surface area contributed by atoms with Gasteiger partial charge >= 0.3 is 0 Å². The molecule has 0 saturated heterocycles. The third kappa shape index (κ3) is 1.62. The van der Waals surface area contributed by atoms with Crippen LogP contribution < -0.4 is 0 Å². The summed E-state index contributed by atoms with van der Waals surface area (Å²) in [4.78, 5) is 0. The van der Waals surface area contributed by atoms with Gasteiger partial charge in [-0.2, -0.15) is 0 Å². The highest BCUT2D eigenvalue weighted by Crippen LogP contribution is 2.13. The lowest BCUT2D eigenvalue weighted by Crippen LogP contribution is -1.96. The van der Waals surface area contributed by atoms with Crippen LogP contribution in [0.5, 0.6) is 0 Å². The molecule has 2 aromatic rings. The van der Waals surface area contributed by atoms with E-state index in [0.29, 0.717) is 0 Å². The number of nitrogens with zero attached hydrogens (tertiary/aromatic N) is 3. The molecule has 0 N–H and O–H groups in total. The summed E-state index contributed by atoms with van der Waals surface area (Å²) < 4.78 is 2.50. The lowest BCUT2D eigenvalue weighted by Gasteiger charge is -2.02. The maximum Gasteiger partial charge on any atom is 0.148 e. The Bertz CT molecular complexity index is 422. The summed E-state index contributed by atoms with van der Waals surface area (Å²) in [7, 11) is 0. The zero-order valence-electron chi connectivity index (χ0n) is 7.11. The average molecular weight is 238 g/mol. The first-order chi connectivity index (χ1) is 6.27. The van der Waals surface area contributed by atoms with Crippen LogP contribution in [0.1, 0.15) is 5.56 Å². The van der Waals surface area contributed by atoms with Crippen molar-refractivity contribution in [2.75, 3.05) is 0 Å². The molecule has 1 aromatic heterocycles. The van der Waals surface area contributed by atoms with Gasteiger partial charge in [-0.15, -0.1) is 5.10 Å². The van der Waals surface area contributed by atoms with Crippen molar-refractivity contribution in [2.24, 2.45) is 0 Å². The van der Waals surface area contributed by atoms with E-state index in [1.165, 1.54) is 5.56 Å². The van der Waals surface area contributed by atoms with Crippen LogP contribution in [0.15, 0.2) is 35.1 Å². The monoisotopic (exact) mass is 237 g/mol. The van der Waals surface area contributed by atoms with Crippen LogP contribution in [0.4, 0.5) is 0 Å². The number of para-hydroxylation sites is 1. The number of rotatable bonds is 1. The molecule has 1 heterocycles. The van der Waals surface area contributed by atoms with E-state index in [0.717, 1.165) is 10.3 Å². The Labute approximate surface area is 84.5 Å². The Balaban J connectivity index is 2.52. The summed E-state index contributed by atoms with van der Waals surface area (Å²) in [6.45, 7) is 2.05. The van der Waals surface area contributed by atoms with Gasteiger partial charge in [0, 0.05) is 0 Å². The fourth-order valence-corrected chi connectivity index (χ4v) is 1.45. The van der Waals surface area contributed by atoms with Crippen molar-refractivity contribution >= 4 is 15.9 Å². The third-order valence-electron chi connectivity index (χ3n) is 1.83. The van der Waals surface area contributed by atoms with Crippen molar-refractivity contribution in [1.82, 2.24) is 15.0 Å². The van der Waals surface area contributed by atoms with E-state index < -0.39 is 0 Å². The molecular weight excluding hydrogens is 230 g/mol. The molecule has 0 fully saturated rings. The van der Waals surface area contributed by atoms with E-state index >= 15 is 0 Å². The minimum absolute atomic E-state index is 0.746. The van der Waals surface area contributed by atoms with Crippen LogP contribution in [0, 0.1) is 6.92 Å². The summed E-state index contributed by atoms with van der Waals surface area (Å²) in [6, 6.07) is 8.05. The normalized spacial score (nSPS) is 10.3. The number of halogens is 1. The Hall–Kier alpha value is -1.16. The largest absolute Gasteiger partial charge is 0.219 e. The van der Waals surface area contributed by atoms with Gasteiger partial charge in [-0.05, 0) is 34.5 Å². The van der Waals surface area contributed by atoms with E-state index in [-0.39, 0.29) is 0 Å². The Morgan fingerprint density at radius 3 is 2.69 bits per heavy atom. The molecule has 0 saturated carbocycles. The quantitative estimate of drug-likeness (QED) is 0.763. The number of aryl methyl sites for hydroxylation is 1. The van der Waals surface area contributed by atoms with Crippen molar-refractivity contribution in [3.63, 3.8) is 0 Å². The van der Waals surface area contributed by atoms with Crippen molar-refractivity contribution in [2.45, 2.75) is 6.92 Å². The highest BCUT2D eigenvalue weighted by atomic mass is 79.9. The van der Waals surface area contributed by atoms with Crippen LogP contribution in [-0.2, 0) is 0 Å². The number of benzene rings is 1. The standard InChI is InChI=1S/C9H8BrN3/c1-7-4-2-3-5-8(7)13-6-9(10)11-12-13/h2-6H,1H3. The maximum atomic E-state index is 3.97. The molecule has 3 nitrogen and oxygen atoms in total. The second-order valence-electron chi connectivity index (χ2n) is 2.77. The van der Waals surface area contributed by atoms with E-state index in [2.05, 4.69) is 26.2 Å². The molecule has 13 heavy (non-hydrogen) atoms. The van der Waals surface area contributed by atoms with Crippen molar-refractivity contribution in [1.29, 1.82) is 0 Å². The highest BCUT2D eigenvalue weighted by molar-refractivity contribution is 9.10. The minimum atomic E-state index is 0.746. The molecule has 0 radical (unpaired) electrons. The molecule has 0 amide bonds. The van der Waals surface area contributed by atoms with Gasteiger partial charge in [-0.1, -0.05) is 23.4 Å². The predicted octanol–water partition coefficient (Wildman–Crippen LogP) is 2.34. The first-order valence-electron chi connectivity index (χ1n) is 3.91. The van der Waals surface area contributed by atoms with Gasteiger partial charge in [0.05, 0.1) is 11.9 Å². The molecular formula is C9H8BrN3. The van der Waals surface area contributed by atoms with Crippen LogP contribution in [-0.4, -0.2) is 15.0 Å². The van der Waals surface area contributed by atoms with Crippen molar-refractivity contribution in [3.8, 4) is 5.69 Å². The van der Waals surface area contributed by atoms with Crippen molar-refractivity contribution < 1.29 is 0 Å². The van der Waals surface area contributed by atoms with Crippen LogP contribution >= 0.6 is 15.9 Å². The topological polar surface area (TPSA) is 30.7 Å². The van der Waals surface area contributed by atoms with E-state index in [9.17, 15) is 0 Å². The van der Waals surface area contributed by atoms with Gasteiger partial charge in [-0.25, -0.2) is 4.68 Å². The average Bonchev–Trinajstić information content (AvgIpc) is 2.53. The van der Waals surface area contributed by atoms with Gasteiger partial charge in [0.1, 0.15) is 4.60 Å². The summed E-state index contributed by atoms with van der Waals surface area (Å²) in [5, 5.41) is 7.83. The zero-order chi connectivity index (χ0) is 9.26. The zero-order valence-corrected chi connectivity index (χ0v) is 8.69. The van der Waals surface area contributed by atoms with Gasteiger partial charge in [0.25, 0.3) is 0 Å². The van der Waals surface area contributed by atoms with Gasteiger partial charge < -0.3 is 0 Å². The molecule has 1 aromatic carbocycles. The molecule has 66 valence electrons. The van der Waals surface area contributed by atoms with Gasteiger partial charge in [0.15, 0.2) is 0 Å². The molecule has 0 aliphatic rings. The fraction of sp³-hybridized carbons (Fsp3) is 0.111. The predicted molar refractivity (Wildman–Crippen MR) is 53.8 cm³/mol. The molecule has 4 heteroatoms. The number of hydrogen-bond acceptors (Lipinski definition) is 2. The molecule has 0 aliphatic carbocycles. The third-order valence-corrected chi connectivity index (χ3v) is 2.19. The lowest BCUT2D eigenvalue weighted by molar-refractivity contribution is 0.797. The van der Waals surface area contributed by atoms with Crippen molar-refractivity contribution in [3.05, 3.63) is 40.6 Å². The summed E-state index contributed by atoms with van der Waals surface area (Å²) in [5.74, 6) is 0. The Morgan fingerprint density at radius 2 is 2.08 bits per heavy atom. The molecule has 0 aliphatic heterocycles. The van der Waals surface area contributed by atoms with E-state index in [1.54, 1.807) is 4.68 Å². The molecule has 0 spiro atoms.